The zero-order valence-corrected chi connectivity index (χ0v) is 23.0. The molecule has 0 spiro atoms. The fourth-order valence-corrected chi connectivity index (χ4v) is 5.19. The second kappa shape index (κ2) is 10.9. The van der Waals surface area contributed by atoms with E-state index >= 15 is 0 Å². The number of hydrogen-bond donors (Lipinski definition) is 0. The third-order valence-electron chi connectivity index (χ3n) is 7.19. The maximum Gasteiger partial charge on any atom is 0.0636 e. The molecule has 0 fully saturated rings. The minimum Gasteiger partial charge on any atom is -0.0622 e. The molecule has 214 valence electrons. The number of benzene rings is 9. The lowest BCUT2D eigenvalue weighted by molar-refractivity contribution is 1.61. The Morgan fingerprint density at radius 3 is 1.57 bits per heavy atom. The summed E-state index contributed by atoms with van der Waals surface area (Å²) in [5, 5.41) is -6.21. The van der Waals surface area contributed by atoms with Gasteiger partial charge in [0, 0.05) is 0 Å². The first-order valence-corrected chi connectivity index (χ1v) is 13.5. The Labute approximate surface area is 311 Å². The molecule has 0 N–H and O–H groups in total. The molecule has 0 bridgehead atoms. The first-order chi connectivity index (χ1) is 35.3. The highest BCUT2D eigenvalue weighted by Gasteiger charge is 2.18. The third-order valence-corrected chi connectivity index (χ3v) is 7.19. The number of hydrogen-bond acceptors (Lipinski definition) is 0. The van der Waals surface area contributed by atoms with Crippen LogP contribution in [-0.4, -0.2) is 0 Å². The fraction of sp³-hybridized carbons (Fsp3) is 0. The van der Waals surface area contributed by atoms with E-state index in [1.165, 1.54) is 0 Å². The minimum absolute atomic E-state index is 0.654. The van der Waals surface area contributed by atoms with Crippen LogP contribution in [0.1, 0.15) is 41.1 Å². The predicted octanol–water partition coefficient (Wildman–Crippen LogP) is 13.0. The molecule has 0 amide bonds. The van der Waals surface area contributed by atoms with Crippen LogP contribution in [0.25, 0.3) is 87.6 Å². The molecule has 0 unspecified atom stereocenters. The lowest BCUT2D eigenvalue weighted by Gasteiger charge is -2.19. The van der Waals surface area contributed by atoms with Crippen LogP contribution in [-0.2, 0) is 0 Å². The molecular weight excluding hydrogens is 553 g/mol. The smallest absolute Gasteiger partial charge is 0.0622 e. The van der Waals surface area contributed by atoms with Gasteiger partial charge in [-0.1, -0.05) is 169 Å². The molecule has 0 aliphatic heterocycles. The number of fused-ring (bicyclic) bond motifs is 4. The van der Waals surface area contributed by atoms with Crippen LogP contribution < -0.4 is 0 Å². The summed E-state index contributed by atoms with van der Waals surface area (Å²) in [5.41, 5.74) is -6.95. The van der Waals surface area contributed by atoms with Crippen molar-refractivity contribution < 1.29 is 41.1 Å². The van der Waals surface area contributed by atoms with E-state index in [4.69, 9.17) is 23.3 Å². The van der Waals surface area contributed by atoms with E-state index in [2.05, 4.69) is 0 Å². The second-order valence-corrected chi connectivity index (χ2v) is 9.75. The van der Waals surface area contributed by atoms with Crippen molar-refractivity contribution in [1.29, 1.82) is 0 Å². The van der Waals surface area contributed by atoms with E-state index < -0.39 is 269 Å². The minimum atomic E-state index is -1.17. The molecule has 0 atom stereocenters. The first kappa shape index (κ1) is 10.0. The summed E-state index contributed by atoms with van der Waals surface area (Å²) in [7, 11) is 0. The third kappa shape index (κ3) is 4.38. The van der Waals surface area contributed by atoms with Crippen molar-refractivity contribution in [3.8, 4) is 44.5 Å². The average molecular weight is 613 g/mol. The van der Waals surface area contributed by atoms with Crippen LogP contribution in [0.5, 0.6) is 0 Å². The van der Waals surface area contributed by atoms with Crippen molar-refractivity contribution in [2.24, 2.45) is 0 Å². The zero-order chi connectivity index (χ0) is 56.6. The predicted molar refractivity (Wildman–Crippen MR) is 198 cm³/mol. The summed E-state index contributed by atoms with van der Waals surface area (Å²) in [5.74, 6) is 0. The van der Waals surface area contributed by atoms with Crippen LogP contribution in [0, 0.1) is 0 Å². The SMILES string of the molecule is [2H]c1c([2H])c([2H])c(-c2c([2H])c([2H])c(-c3c4c([2H])c([2H])c([2H])c([2H])c4c(-c4c([2H])c([2H])c5c([2H])c([2H])c([2H])c([2H])c5c4[2H])c4c([2H])c(-c5c([2H])c([2H])c([2H])c6c([2H])c([2H])c([2H])c([2H])c56)c([2H])c([2H])c34)c([2H])c2[2H])c([2H])c1[2H]. The van der Waals surface area contributed by atoms with Gasteiger partial charge in [0.2, 0.25) is 0 Å². The Morgan fingerprint density at radius 2 is 0.783 bits per heavy atom. The maximum atomic E-state index is 10.2. The monoisotopic (exact) mass is 612 g/mol. The van der Waals surface area contributed by atoms with Crippen LogP contribution in [0.3, 0.4) is 0 Å². The van der Waals surface area contributed by atoms with E-state index in [1.807, 2.05) is 0 Å². The summed E-state index contributed by atoms with van der Waals surface area (Å²) in [6, 6.07) is -30.1. The van der Waals surface area contributed by atoms with Gasteiger partial charge in [-0.2, -0.15) is 0 Å². The molecule has 46 heavy (non-hydrogen) atoms. The van der Waals surface area contributed by atoms with E-state index in [0.717, 1.165) is 0 Å². The normalized spacial score (nSPS) is 20.6. The molecule has 0 aliphatic carbocycles. The van der Waals surface area contributed by atoms with Gasteiger partial charge in [0.1, 0.15) is 0 Å². The summed E-state index contributed by atoms with van der Waals surface area (Å²) < 4.78 is 270. The van der Waals surface area contributed by atoms with Gasteiger partial charge in [-0.05, 0) is 99.7 Å². The van der Waals surface area contributed by atoms with Crippen molar-refractivity contribution in [1.82, 2.24) is 0 Å². The molecule has 0 nitrogen and oxygen atoms in total. The molecule has 0 heterocycles. The van der Waals surface area contributed by atoms with Gasteiger partial charge in [0.15, 0.2) is 0 Å². The Kier molecular flexibility index (Phi) is 2.37. The highest BCUT2D eigenvalue weighted by Crippen LogP contribution is 2.46. The second-order valence-electron chi connectivity index (χ2n) is 9.75. The van der Waals surface area contributed by atoms with Crippen molar-refractivity contribution in [3.63, 3.8) is 0 Å². The topological polar surface area (TPSA) is 0 Å². The molecule has 9 rings (SSSR count). The van der Waals surface area contributed by atoms with Crippen molar-refractivity contribution >= 4 is 43.1 Å². The van der Waals surface area contributed by atoms with Crippen LogP contribution in [0.2, 0.25) is 0 Å². The van der Waals surface area contributed by atoms with Crippen molar-refractivity contribution in [2.75, 3.05) is 0 Å². The van der Waals surface area contributed by atoms with Crippen LogP contribution >= 0.6 is 0 Å². The van der Waals surface area contributed by atoms with Gasteiger partial charge in [-0.3, -0.25) is 0 Å². The van der Waals surface area contributed by atoms with Gasteiger partial charge in [-0.15, -0.1) is 0 Å². The first-order valence-electron chi connectivity index (χ1n) is 28.5. The highest BCUT2D eigenvalue weighted by atomic mass is 14.2. The largest absolute Gasteiger partial charge is 0.0636 e. The van der Waals surface area contributed by atoms with Crippen molar-refractivity contribution in [2.45, 2.75) is 0 Å². The summed E-state index contributed by atoms with van der Waals surface area (Å²) in [4.78, 5) is 0. The molecule has 0 heteroatoms. The van der Waals surface area contributed by atoms with Gasteiger partial charge >= 0.3 is 0 Å². The van der Waals surface area contributed by atoms with Gasteiger partial charge < -0.3 is 0 Å². The zero-order valence-electron chi connectivity index (χ0n) is 53.0. The van der Waals surface area contributed by atoms with E-state index in [9.17, 15) is 17.8 Å². The summed E-state index contributed by atoms with van der Waals surface area (Å²) in [6.45, 7) is 0. The molecular formula is C46H30. The Bertz CT molecular complexity index is 4210. The Hall–Kier alpha value is -5.98. The van der Waals surface area contributed by atoms with E-state index in [1.54, 1.807) is 0 Å². The van der Waals surface area contributed by atoms with Gasteiger partial charge in [0.05, 0.1) is 41.1 Å². The fourth-order valence-electron chi connectivity index (χ4n) is 5.19. The molecule has 0 saturated carbocycles. The Morgan fingerprint density at radius 1 is 0.261 bits per heavy atom. The summed E-state index contributed by atoms with van der Waals surface area (Å²) in [6.07, 6.45) is 0. The maximum absolute atomic E-state index is 10.2. The summed E-state index contributed by atoms with van der Waals surface area (Å²) >= 11 is 0. The van der Waals surface area contributed by atoms with Crippen LogP contribution in [0.4, 0.5) is 0 Å². The van der Waals surface area contributed by atoms with Crippen molar-refractivity contribution in [3.05, 3.63) is 181 Å². The van der Waals surface area contributed by atoms with Crippen LogP contribution in [0.15, 0.2) is 181 Å². The molecule has 0 aliphatic rings. The van der Waals surface area contributed by atoms with Gasteiger partial charge in [0.25, 0.3) is 0 Å². The highest BCUT2D eigenvalue weighted by molar-refractivity contribution is 6.22. The lowest BCUT2D eigenvalue weighted by Crippen LogP contribution is -1.92. The molecule has 0 radical (unpaired) electrons. The number of rotatable bonds is 4. The van der Waals surface area contributed by atoms with Gasteiger partial charge in [-0.25, -0.2) is 0 Å². The van der Waals surface area contributed by atoms with E-state index in [0.29, 0.717) is 0 Å². The lowest BCUT2D eigenvalue weighted by atomic mass is 9.84. The molecule has 9 aromatic rings. The molecule has 0 aromatic heterocycles. The Balaban J connectivity index is 1.67. The molecule has 9 aromatic carbocycles. The molecule has 0 saturated heterocycles. The average Bonchev–Trinajstić information content (AvgIpc) is 3.38. The standard InChI is InChI=1S/C46H30/c1-2-11-31(12-3-1)33-21-24-35(25-22-33)45-41-18-8-9-19-42(41)46(38-26-23-32-13-4-5-15-36(32)29-38)44-30-37(27-28-43(44)45)40-20-10-16-34-14-6-7-17-39(34)40/h1-30H/i1D,2D,3D,4D,5D,6D,7D,8D,9D,10D,11D,12D,13D,14D,15D,16D,17D,18D,19D,20D,21D,22D,23D,24D,25D,26D,27D,28D,29D,30D. The quantitative estimate of drug-likeness (QED) is 0.173. The van der Waals surface area contributed by atoms with E-state index in [-0.39, 0.29) is 0 Å².